The Bertz CT molecular complexity index is 1470. The second kappa shape index (κ2) is 9.19. The molecule has 1 N–H and O–H groups in total. The molecule has 0 bridgehead atoms. The van der Waals surface area contributed by atoms with Gasteiger partial charge in [-0.1, -0.05) is 24.3 Å². The number of benzene rings is 2. The van der Waals surface area contributed by atoms with Crippen LogP contribution in [0.3, 0.4) is 0 Å². The van der Waals surface area contributed by atoms with Crippen molar-refractivity contribution in [1.29, 1.82) is 0 Å². The number of carbonyl (C=O) groups excluding carboxylic acids is 1. The van der Waals surface area contributed by atoms with Gasteiger partial charge in [0.2, 0.25) is 5.88 Å². The van der Waals surface area contributed by atoms with Gasteiger partial charge < -0.3 is 9.72 Å². The van der Waals surface area contributed by atoms with Gasteiger partial charge in [-0.05, 0) is 47.5 Å². The van der Waals surface area contributed by atoms with Crippen molar-refractivity contribution in [2.24, 2.45) is 0 Å². The molecule has 0 radical (unpaired) electrons. The molecule has 0 aliphatic carbocycles. The number of hydrogen-bond donors (Lipinski definition) is 1. The number of halogens is 2. The first-order valence-electron chi connectivity index (χ1n) is 10.5. The first kappa shape index (κ1) is 21.4. The normalized spacial score (nSPS) is 11.0. The summed E-state index contributed by atoms with van der Waals surface area (Å²) < 4.78 is 33.6. The number of nitrogens with zero attached hydrogens (tertiary/aromatic N) is 3. The van der Waals surface area contributed by atoms with Crippen LogP contribution in [0.25, 0.3) is 22.4 Å². The zero-order valence-corrected chi connectivity index (χ0v) is 17.8. The number of fused-ring (bicyclic) bond motifs is 1. The van der Waals surface area contributed by atoms with E-state index in [2.05, 4.69) is 19.9 Å². The molecular weight excluding hydrogens is 438 g/mol. The summed E-state index contributed by atoms with van der Waals surface area (Å²) in [5, 5.41) is 0.627. The van der Waals surface area contributed by atoms with Gasteiger partial charge in [0, 0.05) is 25.1 Å². The van der Waals surface area contributed by atoms with E-state index in [0.717, 1.165) is 11.4 Å². The Labute approximate surface area is 193 Å². The molecule has 0 unspecified atom stereocenters. The molecule has 34 heavy (non-hydrogen) atoms. The molecule has 8 heteroatoms. The molecule has 0 amide bonds. The summed E-state index contributed by atoms with van der Waals surface area (Å²) in [6, 6.07) is 17.4. The molecule has 3 aromatic heterocycles. The molecule has 0 saturated carbocycles. The molecular formula is C26H18F2N4O2. The lowest BCUT2D eigenvalue weighted by molar-refractivity contribution is -0.117. The molecule has 0 aliphatic heterocycles. The third kappa shape index (κ3) is 4.66. The van der Waals surface area contributed by atoms with E-state index < -0.39 is 5.82 Å². The quantitative estimate of drug-likeness (QED) is 0.353. The minimum atomic E-state index is -0.557. The van der Waals surface area contributed by atoms with Crippen molar-refractivity contribution in [2.45, 2.75) is 12.8 Å². The van der Waals surface area contributed by atoms with E-state index in [4.69, 9.17) is 4.74 Å². The van der Waals surface area contributed by atoms with Crippen LogP contribution in [0.15, 0.2) is 79.3 Å². The van der Waals surface area contributed by atoms with Crippen molar-refractivity contribution in [3.63, 3.8) is 0 Å². The highest BCUT2D eigenvalue weighted by atomic mass is 19.1. The SMILES string of the molecule is O=C(Cc1ccc(F)cc1)Cc1ccc(Oc2ncnc3[nH]c(-c4ccccn4)cc23)cc1F. The van der Waals surface area contributed by atoms with Gasteiger partial charge in [0.25, 0.3) is 0 Å². The van der Waals surface area contributed by atoms with Crippen LogP contribution in [0.4, 0.5) is 8.78 Å². The summed E-state index contributed by atoms with van der Waals surface area (Å²) >= 11 is 0. The zero-order chi connectivity index (χ0) is 23.5. The maximum atomic E-state index is 14.7. The summed E-state index contributed by atoms with van der Waals surface area (Å²) in [7, 11) is 0. The van der Waals surface area contributed by atoms with E-state index >= 15 is 0 Å². The van der Waals surface area contributed by atoms with E-state index in [0.29, 0.717) is 16.6 Å². The predicted octanol–water partition coefficient (Wildman–Crippen LogP) is 5.44. The van der Waals surface area contributed by atoms with E-state index in [1.54, 1.807) is 24.4 Å². The molecule has 0 aliphatic rings. The second-order valence-corrected chi connectivity index (χ2v) is 7.71. The Morgan fingerprint density at radius 1 is 0.912 bits per heavy atom. The number of nitrogens with one attached hydrogen (secondary N) is 1. The van der Waals surface area contributed by atoms with Gasteiger partial charge in [0.05, 0.1) is 16.8 Å². The summed E-state index contributed by atoms with van der Waals surface area (Å²) in [4.78, 5) is 28.3. The van der Waals surface area contributed by atoms with Crippen molar-refractivity contribution in [3.05, 3.63) is 102 Å². The molecule has 3 heterocycles. The lowest BCUT2D eigenvalue weighted by Gasteiger charge is -2.08. The topological polar surface area (TPSA) is 80.8 Å². The number of aromatic amines is 1. The zero-order valence-electron chi connectivity index (χ0n) is 17.8. The number of carbonyl (C=O) groups is 1. The smallest absolute Gasteiger partial charge is 0.231 e. The lowest BCUT2D eigenvalue weighted by Crippen LogP contribution is -2.08. The molecule has 0 atom stereocenters. The Hall–Kier alpha value is -4.46. The largest absolute Gasteiger partial charge is 0.438 e. The van der Waals surface area contributed by atoms with Gasteiger partial charge in [-0.15, -0.1) is 0 Å². The molecule has 2 aromatic carbocycles. The van der Waals surface area contributed by atoms with Crippen LogP contribution in [0.2, 0.25) is 0 Å². The van der Waals surface area contributed by atoms with Crippen LogP contribution in [0, 0.1) is 11.6 Å². The highest BCUT2D eigenvalue weighted by molar-refractivity contribution is 5.86. The number of ketones is 1. The number of hydrogen-bond acceptors (Lipinski definition) is 5. The Balaban J connectivity index is 1.32. The van der Waals surface area contributed by atoms with Crippen LogP contribution in [-0.4, -0.2) is 25.7 Å². The van der Waals surface area contributed by atoms with Crippen molar-refractivity contribution in [3.8, 4) is 23.0 Å². The first-order valence-corrected chi connectivity index (χ1v) is 10.5. The van der Waals surface area contributed by atoms with Crippen LogP contribution in [0.1, 0.15) is 11.1 Å². The predicted molar refractivity (Wildman–Crippen MR) is 122 cm³/mol. The average Bonchev–Trinajstić information content (AvgIpc) is 3.29. The van der Waals surface area contributed by atoms with E-state index in [-0.39, 0.29) is 41.6 Å². The van der Waals surface area contributed by atoms with Crippen molar-refractivity contribution < 1.29 is 18.3 Å². The Morgan fingerprint density at radius 2 is 1.76 bits per heavy atom. The molecule has 5 rings (SSSR count). The maximum absolute atomic E-state index is 14.7. The van der Waals surface area contributed by atoms with Gasteiger partial charge >= 0.3 is 0 Å². The average molecular weight is 456 g/mol. The number of H-pyrrole nitrogens is 1. The fourth-order valence-corrected chi connectivity index (χ4v) is 3.61. The van der Waals surface area contributed by atoms with Gasteiger partial charge in [0.15, 0.2) is 0 Å². The van der Waals surface area contributed by atoms with Crippen LogP contribution in [0.5, 0.6) is 11.6 Å². The molecule has 0 spiro atoms. The van der Waals surface area contributed by atoms with Crippen LogP contribution < -0.4 is 4.74 Å². The summed E-state index contributed by atoms with van der Waals surface area (Å²) in [6.45, 7) is 0. The third-order valence-corrected chi connectivity index (χ3v) is 5.27. The fourth-order valence-electron chi connectivity index (χ4n) is 3.61. The molecule has 0 fully saturated rings. The third-order valence-electron chi connectivity index (χ3n) is 5.27. The fraction of sp³-hybridized carbons (Fsp3) is 0.0769. The van der Waals surface area contributed by atoms with Gasteiger partial charge in [-0.3, -0.25) is 9.78 Å². The lowest BCUT2D eigenvalue weighted by atomic mass is 10.0. The summed E-state index contributed by atoms with van der Waals surface area (Å²) in [5.74, 6) is -0.591. The minimum Gasteiger partial charge on any atom is -0.438 e. The van der Waals surface area contributed by atoms with Crippen molar-refractivity contribution >= 4 is 16.8 Å². The van der Waals surface area contributed by atoms with Crippen molar-refractivity contribution in [1.82, 2.24) is 19.9 Å². The van der Waals surface area contributed by atoms with E-state index in [1.807, 2.05) is 24.3 Å². The van der Waals surface area contributed by atoms with E-state index in [1.165, 1.54) is 30.6 Å². The van der Waals surface area contributed by atoms with Gasteiger partial charge in [-0.25, -0.2) is 18.7 Å². The highest BCUT2D eigenvalue weighted by Crippen LogP contribution is 2.30. The van der Waals surface area contributed by atoms with Gasteiger partial charge in [0.1, 0.15) is 35.1 Å². The monoisotopic (exact) mass is 456 g/mol. The number of rotatable bonds is 7. The number of ether oxygens (including phenoxy) is 1. The van der Waals surface area contributed by atoms with E-state index in [9.17, 15) is 13.6 Å². The van der Waals surface area contributed by atoms with Crippen LogP contribution in [-0.2, 0) is 17.6 Å². The molecule has 6 nitrogen and oxygen atoms in total. The standard InChI is InChI=1S/C26H18F2N4O2/c27-18-7-4-16(5-8-18)11-19(33)12-17-6-9-20(13-22(17)28)34-26-21-14-24(23-3-1-2-10-29-23)32-25(21)30-15-31-26/h1-10,13-15H,11-12H2,(H,30,31,32). The highest BCUT2D eigenvalue weighted by Gasteiger charge is 2.14. The van der Waals surface area contributed by atoms with Gasteiger partial charge in [-0.2, -0.15) is 0 Å². The molecule has 168 valence electrons. The Kier molecular flexibility index (Phi) is 5.78. The number of aromatic nitrogens is 4. The number of Topliss-reactive ketones (excluding diaryl/α,β-unsaturated/α-hetero) is 1. The summed E-state index contributed by atoms with van der Waals surface area (Å²) in [5.41, 5.74) is 2.99. The molecule has 5 aromatic rings. The van der Waals surface area contributed by atoms with Crippen LogP contribution >= 0.6 is 0 Å². The second-order valence-electron chi connectivity index (χ2n) is 7.71. The maximum Gasteiger partial charge on any atom is 0.231 e. The minimum absolute atomic E-state index is 0.0769. The molecule has 0 saturated heterocycles. The van der Waals surface area contributed by atoms with Crippen molar-refractivity contribution in [2.75, 3.05) is 0 Å². The number of pyridine rings is 1. The summed E-state index contributed by atoms with van der Waals surface area (Å²) in [6.07, 6.45) is 3.07. The Morgan fingerprint density at radius 3 is 2.53 bits per heavy atom. The first-order chi connectivity index (χ1) is 16.5.